The Morgan fingerprint density at radius 2 is 1.82 bits per heavy atom. The molecule has 2 aliphatic rings. The molecule has 3 heteroatoms. The third kappa shape index (κ3) is 4.57. The highest BCUT2D eigenvalue weighted by atomic mass is 16.5. The summed E-state index contributed by atoms with van der Waals surface area (Å²) in [5, 5.41) is 3.43. The van der Waals surface area contributed by atoms with Gasteiger partial charge in [0.1, 0.15) is 0 Å². The number of rotatable bonds is 7. The van der Waals surface area contributed by atoms with E-state index in [0.717, 1.165) is 13.2 Å². The van der Waals surface area contributed by atoms with Crippen LogP contribution in [0.1, 0.15) is 51.4 Å². The lowest BCUT2D eigenvalue weighted by Crippen LogP contribution is -2.29. The zero-order valence-electron chi connectivity index (χ0n) is 11.1. The van der Waals surface area contributed by atoms with E-state index in [1.165, 1.54) is 51.4 Å². The van der Waals surface area contributed by atoms with Gasteiger partial charge in [0.15, 0.2) is 0 Å². The van der Waals surface area contributed by atoms with Crippen molar-refractivity contribution in [2.75, 3.05) is 20.3 Å². The third-order valence-electron chi connectivity index (χ3n) is 4.08. The van der Waals surface area contributed by atoms with Gasteiger partial charge >= 0.3 is 0 Å². The average molecular weight is 241 g/mol. The van der Waals surface area contributed by atoms with Crippen LogP contribution in [0.3, 0.4) is 0 Å². The minimum absolute atomic E-state index is 0.509. The highest BCUT2D eigenvalue weighted by Crippen LogP contribution is 2.21. The van der Waals surface area contributed by atoms with Crippen molar-refractivity contribution in [3.63, 3.8) is 0 Å². The van der Waals surface area contributed by atoms with Crippen molar-refractivity contribution in [1.29, 1.82) is 0 Å². The molecule has 2 fully saturated rings. The van der Waals surface area contributed by atoms with Crippen LogP contribution in [-0.2, 0) is 9.47 Å². The van der Waals surface area contributed by atoms with Gasteiger partial charge in [0.25, 0.3) is 0 Å². The van der Waals surface area contributed by atoms with Crippen LogP contribution in [0.2, 0.25) is 0 Å². The van der Waals surface area contributed by atoms with E-state index in [9.17, 15) is 0 Å². The van der Waals surface area contributed by atoms with Crippen molar-refractivity contribution in [2.24, 2.45) is 0 Å². The largest absolute Gasteiger partial charge is 0.378 e. The Hall–Kier alpha value is -0.120. The molecule has 2 saturated heterocycles. The minimum atomic E-state index is 0.509. The normalized spacial score (nSPS) is 30.9. The fraction of sp³-hybridized carbons (Fsp3) is 1.00. The maximum Gasteiger partial charge on any atom is 0.0590 e. The van der Waals surface area contributed by atoms with E-state index in [-0.39, 0.29) is 0 Å². The average Bonchev–Trinajstić information content (AvgIpc) is 3.00. The van der Waals surface area contributed by atoms with Crippen LogP contribution in [0.25, 0.3) is 0 Å². The predicted molar refractivity (Wildman–Crippen MR) is 69.3 cm³/mol. The second kappa shape index (κ2) is 7.34. The standard InChI is InChI=1S/C14H27NO2/c1-15-12(11-14-8-4-10-17-14)5-2-6-13-7-3-9-16-13/h12-15H,2-11H2,1H3. The highest BCUT2D eigenvalue weighted by molar-refractivity contribution is 4.75. The van der Waals surface area contributed by atoms with Gasteiger partial charge in [-0.1, -0.05) is 0 Å². The summed E-state index contributed by atoms with van der Waals surface area (Å²) in [4.78, 5) is 0. The summed E-state index contributed by atoms with van der Waals surface area (Å²) >= 11 is 0. The van der Waals surface area contributed by atoms with E-state index in [4.69, 9.17) is 9.47 Å². The molecule has 0 aromatic heterocycles. The fourth-order valence-electron chi connectivity index (χ4n) is 2.99. The Balaban J connectivity index is 1.57. The van der Waals surface area contributed by atoms with Gasteiger partial charge < -0.3 is 14.8 Å². The molecule has 0 radical (unpaired) electrons. The lowest BCUT2D eigenvalue weighted by molar-refractivity contribution is 0.0894. The van der Waals surface area contributed by atoms with Gasteiger partial charge in [-0.15, -0.1) is 0 Å². The van der Waals surface area contributed by atoms with Gasteiger partial charge in [-0.05, 0) is 58.4 Å². The van der Waals surface area contributed by atoms with Crippen LogP contribution in [0.15, 0.2) is 0 Å². The van der Waals surface area contributed by atoms with Crippen molar-refractivity contribution < 1.29 is 9.47 Å². The van der Waals surface area contributed by atoms with Crippen LogP contribution < -0.4 is 5.32 Å². The zero-order chi connectivity index (χ0) is 11.9. The fourth-order valence-corrected chi connectivity index (χ4v) is 2.99. The van der Waals surface area contributed by atoms with Crippen molar-refractivity contribution >= 4 is 0 Å². The number of nitrogens with one attached hydrogen (secondary N) is 1. The van der Waals surface area contributed by atoms with E-state index >= 15 is 0 Å². The van der Waals surface area contributed by atoms with E-state index in [1.807, 2.05) is 0 Å². The molecule has 3 atom stereocenters. The number of hydrogen-bond acceptors (Lipinski definition) is 3. The number of ether oxygens (including phenoxy) is 2. The highest BCUT2D eigenvalue weighted by Gasteiger charge is 2.20. The second-order valence-electron chi connectivity index (χ2n) is 5.42. The first-order chi connectivity index (χ1) is 8.38. The van der Waals surface area contributed by atoms with Crippen LogP contribution >= 0.6 is 0 Å². The van der Waals surface area contributed by atoms with Crippen molar-refractivity contribution in [3.05, 3.63) is 0 Å². The Labute approximate surface area is 105 Å². The van der Waals surface area contributed by atoms with Crippen LogP contribution in [0, 0.1) is 0 Å². The molecular weight excluding hydrogens is 214 g/mol. The van der Waals surface area contributed by atoms with Crippen molar-refractivity contribution in [2.45, 2.75) is 69.6 Å². The molecule has 2 heterocycles. The summed E-state index contributed by atoms with van der Waals surface area (Å²) in [6.45, 7) is 1.95. The van der Waals surface area contributed by atoms with Crippen molar-refractivity contribution in [3.8, 4) is 0 Å². The smallest absolute Gasteiger partial charge is 0.0590 e. The zero-order valence-corrected chi connectivity index (χ0v) is 11.1. The van der Waals surface area contributed by atoms with Crippen LogP contribution in [0.4, 0.5) is 0 Å². The third-order valence-corrected chi connectivity index (χ3v) is 4.08. The summed E-state index contributed by atoms with van der Waals surface area (Å²) in [5.41, 5.74) is 0. The quantitative estimate of drug-likeness (QED) is 0.743. The summed E-state index contributed by atoms with van der Waals surface area (Å²) in [7, 11) is 2.08. The maximum absolute atomic E-state index is 5.70. The van der Waals surface area contributed by atoms with Gasteiger partial charge in [0.05, 0.1) is 12.2 Å². The summed E-state index contributed by atoms with van der Waals surface area (Å²) < 4.78 is 11.4. The van der Waals surface area contributed by atoms with Gasteiger partial charge in [-0.2, -0.15) is 0 Å². The molecule has 0 amide bonds. The molecule has 0 bridgehead atoms. The molecule has 0 saturated carbocycles. The van der Waals surface area contributed by atoms with Crippen LogP contribution in [0.5, 0.6) is 0 Å². The second-order valence-corrected chi connectivity index (χ2v) is 5.42. The Kier molecular flexibility index (Phi) is 5.75. The molecule has 17 heavy (non-hydrogen) atoms. The first-order valence-corrected chi connectivity index (χ1v) is 7.29. The first-order valence-electron chi connectivity index (χ1n) is 7.29. The van der Waals surface area contributed by atoms with E-state index in [2.05, 4.69) is 12.4 Å². The Bertz CT molecular complexity index is 198. The first kappa shape index (κ1) is 13.3. The summed E-state index contributed by atoms with van der Waals surface area (Å²) in [5.74, 6) is 0. The molecule has 100 valence electrons. The Morgan fingerprint density at radius 1 is 1.12 bits per heavy atom. The SMILES string of the molecule is CNC(CCCC1CCCO1)CC1CCCO1. The molecule has 0 aliphatic carbocycles. The Morgan fingerprint density at radius 3 is 2.41 bits per heavy atom. The van der Waals surface area contributed by atoms with Gasteiger partial charge in [-0.25, -0.2) is 0 Å². The molecule has 0 aromatic carbocycles. The lowest BCUT2D eigenvalue weighted by atomic mass is 10.00. The number of hydrogen-bond donors (Lipinski definition) is 1. The van der Waals surface area contributed by atoms with Crippen LogP contribution in [-0.4, -0.2) is 38.5 Å². The van der Waals surface area contributed by atoms with E-state index in [1.54, 1.807) is 0 Å². The molecule has 2 aliphatic heterocycles. The van der Waals surface area contributed by atoms with Crippen molar-refractivity contribution in [1.82, 2.24) is 5.32 Å². The minimum Gasteiger partial charge on any atom is -0.378 e. The summed E-state index contributed by atoms with van der Waals surface area (Å²) in [6.07, 6.45) is 11.1. The maximum atomic E-state index is 5.70. The topological polar surface area (TPSA) is 30.5 Å². The molecule has 0 spiro atoms. The molecule has 3 unspecified atom stereocenters. The molecule has 3 nitrogen and oxygen atoms in total. The monoisotopic (exact) mass is 241 g/mol. The molecule has 0 aromatic rings. The van der Waals surface area contributed by atoms with Gasteiger partial charge in [0.2, 0.25) is 0 Å². The van der Waals surface area contributed by atoms with Gasteiger partial charge in [0, 0.05) is 19.3 Å². The molecule has 1 N–H and O–H groups in total. The van der Waals surface area contributed by atoms with E-state index < -0.39 is 0 Å². The van der Waals surface area contributed by atoms with Gasteiger partial charge in [-0.3, -0.25) is 0 Å². The lowest BCUT2D eigenvalue weighted by Gasteiger charge is -2.20. The van der Waals surface area contributed by atoms with E-state index in [0.29, 0.717) is 18.2 Å². The molecular formula is C14H27NO2. The predicted octanol–water partition coefficient (Wildman–Crippen LogP) is 2.49. The molecule has 2 rings (SSSR count). The summed E-state index contributed by atoms with van der Waals surface area (Å²) in [6, 6.07) is 0.625.